The molecule has 0 aliphatic carbocycles. The van der Waals surface area contributed by atoms with Crippen LogP contribution in [-0.4, -0.2) is 4.18 Å². The topological polar surface area (TPSA) is 9.23 Å². The molecule has 0 unspecified atom stereocenters. The van der Waals surface area contributed by atoms with Crippen LogP contribution in [0.15, 0.2) is 24.3 Å². The van der Waals surface area contributed by atoms with Crippen molar-refractivity contribution >= 4 is 0 Å². The number of benzene rings is 1. The van der Waals surface area contributed by atoms with Gasteiger partial charge in [-0.1, -0.05) is 0 Å². The van der Waals surface area contributed by atoms with Gasteiger partial charge < -0.3 is 0 Å². The van der Waals surface area contributed by atoms with Crippen LogP contribution in [0.5, 0.6) is 0 Å². The van der Waals surface area contributed by atoms with Gasteiger partial charge in [0, 0.05) is 0 Å². The van der Waals surface area contributed by atoms with Crippen LogP contribution < -0.4 is 20.2 Å². The van der Waals surface area contributed by atoms with Gasteiger partial charge in [-0.2, -0.15) is 0 Å². The van der Waals surface area contributed by atoms with Crippen LogP contribution in [-0.2, 0) is 8.67 Å². The van der Waals surface area contributed by atoms with Gasteiger partial charge in [-0.3, -0.25) is 0 Å². The fraction of sp³-hybridized carbons (Fsp3) is 0.400. The van der Waals surface area contributed by atoms with Crippen LogP contribution >= 0.6 is 0 Å². The van der Waals surface area contributed by atoms with Crippen molar-refractivity contribution in [1.29, 1.82) is 0 Å². The summed E-state index contributed by atoms with van der Waals surface area (Å²) in [5, 5.41) is 0. The Hall–Kier alpha value is -0.300. The molecule has 15 heavy (non-hydrogen) atoms. The van der Waals surface area contributed by atoms with Crippen molar-refractivity contribution in [3.63, 3.8) is 0 Å². The molecule has 0 N–H and O–H groups in total. The van der Waals surface area contributed by atoms with E-state index in [0.717, 1.165) is 0 Å². The molecule has 1 aliphatic rings. The Labute approximate surface area is 93.6 Å². The number of rotatable bonds is 0. The summed E-state index contributed by atoms with van der Waals surface area (Å²) in [7, 11) is 0. The van der Waals surface area contributed by atoms with Gasteiger partial charge in [-0.15, -0.1) is 0 Å². The number of hydrogen-bond donors (Lipinski definition) is 0. The standard InChI is InChI=1S/C10H10F3IO/c1-9(2)7-5-3-4-6-8(7)14(15-9)10(11,12)13/h3-6H,1-2H3/q-1. The van der Waals surface area contributed by atoms with Crippen molar-refractivity contribution in [3.8, 4) is 0 Å². The van der Waals surface area contributed by atoms with Gasteiger partial charge in [0.25, 0.3) is 0 Å². The van der Waals surface area contributed by atoms with Crippen LogP contribution in [0.2, 0.25) is 0 Å². The summed E-state index contributed by atoms with van der Waals surface area (Å²) in [6.45, 7) is 3.38. The number of hydrogen-bond acceptors (Lipinski definition) is 1. The van der Waals surface area contributed by atoms with E-state index in [1.165, 1.54) is 0 Å². The van der Waals surface area contributed by atoms with Gasteiger partial charge in [-0.05, 0) is 0 Å². The van der Waals surface area contributed by atoms with E-state index in [2.05, 4.69) is 0 Å². The second-order valence-electron chi connectivity index (χ2n) is 3.74. The van der Waals surface area contributed by atoms with E-state index >= 15 is 0 Å². The molecule has 5 heteroatoms. The summed E-state index contributed by atoms with van der Waals surface area (Å²) in [4.78, 5) is 0. The van der Waals surface area contributed by atoms with Gasteiger partial charge in [0.15, 0.2) is 0 Å². The summed E-state index contributed by atoms with van der Waals surface area (Å²) in [6.07, 6.45) is 0. The normalized spacial score (nSPS) is 21.5. The summed E-state index contributed by atoms with van der Waals surface area (Å²) < 4.78 is 39.6. The monoisotopic (exact) mass is 330 g/mol. The zero-order valence-corrected chi connectivity index (χ0v) is 10.4. The molecule has 1 aromatic carbocycles. The Morgan fingerprint density at radius 3 is 2.40 bits per heavy atom. The van der Waals surface area contributed by atoms with Crippen LogP contribution in [0.1, 0.15) is 19.4 Å². The van der Waals surface area contributed by atoms with Gasteiger partial charge in [0.2, 0.25) is 0 Å². The summed E-state index contributed by atoms with van der Waals surface area (Å²) in [5.41, 5.74) is -0.107. The third-order valence-electron chi connectivity index (χ3n) is 2.17. The zero-order valence-electron chi connectivity index (χ0n) is 8.23. The molecular weight excluding hydrogens is 320 g/mol. The summed E-state index contributed by atoms with van der Waals surface area (Å²) >= 11 is -3.48. The minimum absolute atomic E-state index is 0.388. The molecule has 2 rings (SSSR count). The van der Waals surface area contributed by atoms with Gasteiger partial charge in [0.05, 0.1) is 0 Å². The average molecular weight is 330 g/mol. The molecular formula is C10H10F3IO-. The Morgan fingerprint density at radius 1 is 1.20 bits per heavy atom. The van der Waals surface area contributed by atoms with E-state index in [9.17, 15) is 13.2 Å². The molecule has 0 atom stereocenters. The van der Waals surface area contributed by atoms with Crippen molar-refractivity contribution in [2.45, 2.75) is 23.6 Å². The molecule has 85 valence electrons. The van der Waals surface area contributed by atoms with Crippen molar-refractivity contribution in [2.75, 3.05) is 0 Å². The third kappa shape index (κ3) is 1.87. The first-order valence-corrected chi connectivity index (χ1v) is 7.42. The summed E-state index contributed by atoms with van der Waals surface area (Å²) in [5.74, 6) is 0. The van der Waals surface area contributed by atoms with Crippen LogP contribution in [0, 0.1) is 3.57 Å². The molecule has 1 radical (unpaired) electrons. The van der Waals surface area contributed by atoms with E-state index < -0.39 is 30.0 Å². The quantitative estimate of drug-likeness (QED) is 0.487. The predicted octanol–water partition coefficient (Wildman–Crippen LogP) is 0.181. The van der Waals surface area contributed by atoms with E-state index in [0.29, 0.717) is 9.13 Å². The molecule has 0 aromatic heterocycles. The van der Waals surface area contributed by atoms with E-state index in [1.807, 2.05) is 0 Å². The maximum absolute atomic E-state index is 12.7. The molecule has 1 heterocycles. The zero-order chi connectivity index (χ0) is 11.3. The number of fused-ring (bicyclic) bond motifs is 1. The molecule has 1 nitrogen and oxygen atoms in total. The molecule has 0 bridgehead atoms. The van der Waals surface area contributed by atoms with Crippen LogP contribution in [0.25, 0.3) is 0 Å². The van der Waals surface area contributed by atoms with E-state index in [4.69, 9.17) is 3.07 Å². The molecule has 1 aliphatic heterocycles. The van der Waals surface area contributed by atoms with Crippen molar-refractivity contribution in [2.24, 2.45) is 0 Å². The maximum atomic E-state index is 12.7. The molecule has 0 saturated carbocycles. The van der Waals surface area contributed by atoms with Crippen molar-refractivity contribution in [1.82, 2.24) is 0 Å². The Bertz CT molecular complexity index is 386. The molecule has 0 amide bonds. The number of alkyl halides is 4. The SMILES string of the molecule is CC1(C)O[I-](C(F)(F)F)c2ccccc21. The van der Waals surface area contributed by atoms with Crippen molar-refractivity contribution in [3.05, 3.63) is 33.4 Å². The Kier molecular flexibility index (Phi) is 2.50. The van der Waals surface area contributed by atoms with E-state index in [-0.39, 0.29) is 0 Å². The molecule has 0 spiro atoms. The second kappa shape index (κ2) is 3.35. The Morgan fingerprint density at radius 2 is 1.80 bits per heavy atom. The first-order chi connectivity index (χ1) is 6.82. The predicted molar refractivity (Wildman–Crippen MR) is 45.3 cm³/mol. The van der Waals surface area contributed by atoms with Gasteiger partial charge in [-0.25, -0.2) is 0 Å². The van der Waals surface area contributed by atoms with Crippen molar-refractivity contribution < 1.29 is 36.5 Å². The average Bonchev–Trinajstić information content (AvgIpc) is 2.39. The number of halogens is 4. The fourth-order valence-electron chi connectivity index (χ4n) is 1.53. The van der Waals surface area contributed by atoms with Gasteiger partial charge in [0.1, 0.15) is 0 Å². The van der Waals surface area contributed by atoms with Crippen LogP contribution in [0.3, 0.4) is 0 Å². The second-order valence-corrected chi connectivity index (χ2v) is 7.99. The Balaban J connectivity index is 2.52. The minimum atomic E-state index is -4.19. The third-order valence-corrected chi connectivity index (χ3v) is 6.82. The molecule has 0 saturated heterocycles. The summed E-state index contributed by atoms with van der Waals surface area (Å²) in [6, 6.07) is 6.65. The van der Waals surface area contributed by atoms with Crippen LogP contribution in [0.4, 0.5) is 13.2 Å². The first-order valence-electron chi connectivity index (χ1n) is 4.38. The van der Waals surface area contributed by atoms with E-state index in [1.54, 1.807) is 38.1 Å². The van der Waals surface area contributed by atoms with Gasteiger partial charge >= 0.3 is 93.5 Å². The molecule has 0 fully saturated rings. The molecule has 1 aromatic rings. The first kappa shape index (κ1) is 11.2. The fourth-order valence-corrected chi connectivity index (χ4v) is 5.91.